The molecule has 10 heteroatoms. The van der Waals surface area contributed by atoms with Crippen LogP contribution in [0.4, 0.5) is 10.1 Å². The molecule has 0 fully saturated rings. The van der Waals surface area contributed by atoms with Gasteiger partial charge in [0.15, 0.2) is 11.0 Å². The van der Waals surface area contributed by atoms with Crippen LogP contribution < -0.4 is 5.32 Å². The number of carbonyl (C=O) groups excluding carboxylic acids is 1. The summed E-state index contributed by atoms with van der Waals surface area (Å²) in [6.07, 6.45) is 0. The van der Waals surface area contributed by atoms with Gasteiger partial charge in [0.25, 0.3) is 0 Å². The monoisotopic (exact) mass is 467 g/mol. The highest BCUT2D eigenvalue weighted by Crippen LogP contribution is 2.28. The molecule has 1 atom stereocenters. The van der Waals surface area contributed by atoms with Crippen LogP contribution in [-0.2, 0) is 4.79 Å². The average molecular weight is 468 g/mol. The van der Waals surface area contributed by atoms with E-state index in [4.69, 9.17) is 23.2 Å². The predicted octanol–water partition coefficient (Wildman–Crippen LogP) is 5.07. The van der Waals surface area contributed by atoms with Crippen molar-refractivity contribution in [2.45, 2.75) is 18.1 Å². The highest BCUT2D eigenvalue weighted by molar-refractivity contribution is 7.99. The summed E-state index contributed by atoms with van der Waals surface area (Å²) in [5.41, 5.74) is 0.867. The van der Waals surface area contributed by atoms with Gasteiger partial charge >= 0.3 is 0 Å². The molecular formula is C20H20Cl2FN5OS. The third kappa shape index (κ3) is 5.31. The zero-order valence-electron chi connectivity index (χ0n) is 16.6. The molecule has 0 saturated carbocycles. The third-order valence-corrected chi connectivity index (χ3v) is 5.84. The first-order chi connectivity index (χ1) is 14.3. The van der Waals surface area contributed by atoms with Gasteiger partial charge in [-0.15, -0.1) is 10.2 Å². The topological polar surface area (TPSA) is 63.1 Å². The van der Waals surface area contributed by atoms with E-state index in [-0.39, 0.29) is 23.4 Å². The van der Waals surface area contributed by atoms with E-state index in [1.165, 1.54) is 30.0 Å². The maximum atomic E-state index is 13.9. The van der Waals surface area contributed by atoms with E-state index in [0.29, 0.717) is 15.2 Å². The van der Waals surface area contributed by atoms with Gasteiger partial charge in [-0.1, -0.05) is 35.0 Å². The molecule has 1 N–H and O–H groups in total. The Bertz CT molecular complexity index is 1040. The number of rotatable bonds is 7. The molecule has 6 nitrogen and oxygen atoms in total. The van der Waals surface area contributed by atoms with Crippen molar-refractivity contribution >= 4 is 46.6 Å². The normalized spacial score (nSPS) is 12.2. The van der Waals surface area contributed by atoms with Gasteiger partial charge in [-0.05, 0) is 63.5 Å². The lowest BCUT2D eigenvalue weighted by Crippen LogP contribution is -2.21. The van der Waals surface area contributed by atoms with Gasteiger partial charge in [0.1, 0.15) is 5.82 Å². The number of amides is 1. The molecular weight excluding hydrogens is 448 g/mol. The summed E-state index contributed by atoms with van der Waals surface area (Å²) in [6, 6.07) is 11.3. The van der Waals surface area contributed by atoms with Crippen molar-refractivity contribution in [2.75, 3.05) is 25.2 Å². The number of hydrogen-bond donors (Lipinski definition) is 1. The Balaban J connectivity index is 1.82. The van der Waals surface area contributed by atoms with E-state index in [0.717, 1.165) is 11.5 Å². The molecule has 0 bridgehead atoms. The summed E-state index contributed by atoms with van der Waals surface area (Å²) in [5, 5.41) is 12.6. The summed E-state index contributed by atoms with van der Waals surface area (Å²) in [5.74, 6) is -0.182. The Labute approximate surface area is 188 Å². The Morgan fingerprint density at radius 3 is 2.50 bits per heavy atom. The molecule has 2 aromatic carbocycles. The van der Waals surface area contributed by atoms with Crippen molar-refractivity contribution in [3.63, 3.8) is 0 Å². The van der Waals surface area contributed by atoms with Crippen molar-refractivity contribution in [3.8, 4) is 5.69 Å². The lowest BCUT2D eigenvalue weighted by molar-refractivity contribution is -0.113. The minimum absolute atomic E-state index is 0.0167. The molecule has 0 spiro atoms. The van der Waals surface area contributed by atoms with E-state index in [9.17, 15) is 9.18 Å². The molecule has 30 heavy (non-hydrogen) atoms. The van der Waals surface area contributed by atoms with Gasteiger partial charge < -0.3 is 5.32 Å². The minimum atomic E-state index is -0.552. The molecule has 3 aromatic rings. The molecule has 3 rings (SSSR count). The first kappa shape index (κ1) is 22.6. The average Bonchev–Trinajstić information content (AvgIpc) is 3.13. The molecule has 0 saturated heterocycles. The Kier molecular flexibility index (Phi) is 7.36. The highest BCUT2D eigenvalue weighted by Gasteiger charge is 2.21. The Hall–Kier alpha value is -2.13. The van der Waals surface area contributed by atoms with Gasteiger partial charge in [0.05, 0.1) is 17.5 Å². The van der Waals surface area contributed by atoms with Crippen molar-refractivity contribution in [2.24, 2.45) is 0 Å². The zero-order chi connectivity index (χ0) is 21.8. The number of thioether (sulfide) groups is 1. The Morgan fingerprint density at radius 1 is 1.17 bits per heavy atom. The van der Waals surface area contributed by atoms with Crippen molar-refractivity contribution in [1.82, 2.24) is 19.7 Å². The minimum Gasteiger partial charge on any atom is -0.323 e. The van der Waals surface area contributed by atoms with Crippen LogP contribution in [0.1, 0.15) is 18.8 Å². The second-order valence-corrected chi connectivity index (χ2v) is 8.57. The van der Waals surface area contributed by atoms with E-state index in [1.54, 1.807) is 12.1 Å². The van der Waals surface area contributed by atoms with Gasteiger partial charge in [-0.2, -0.15) is 0 Å². The Morgan fingerprint density at radius 2 is 1.83 bits per heavy atom. The number of halogens is 3. The van der Waals surface area contributed by atoms with Crippen LogP contribution in [-0.4, -0.2) is 45.4 Å². The second kappa shape index (κ2) is 9.78. The van der Waals surface area contributed by atoms with Crippen LogP contribution in [0.5, 0.6) is 0 Å². The molecule has 1 heterocycles. The van der Waals surface area contributed by atoms with Gasteiger partial charge in [-0.3, -0.25) is 14.3 Å². The number of nitrogens with one attached hydrogen (secondary N) is 1. The summed E-state index contributed by atoms with van der Waals surface area (Å²) in [4.78, 5) is 14.4. The van der Waals surface area contributed by atoms with Crippen LogP contribution in [0.25, 0.3) is 5.69 Å². The molecule has 1 unspecified atom stereocenters. The first-order valence-electron chi connectivity index (χ1n) is 9.01. The van der Waals surface area contributed by atoms with Crippen LogP contribution in [0.3, 0.4) is 0 Å². The predicted molar refractivity (Wildman–Crippen MR) is 119 cm³/mol. The number of aromatic nitrogens is 3. The molecule has 0 aliphatic rings. The van der Waals surface area contributed by atoms with Crippen LogP contribution in [0.15, 0.2) is 47.6 Å². The van der Waals surface area contributed by atoms with Crippen LogP contribution in [0, 0.1) is 5.82 Å². The van der Waals surface area contributed by atoms with Crippen molar-refractivity contribution in [1.29, 1.82) is 0 Å². The lowest BCUT2D eigenvalue weighted by atomic mass is 10.2. The van der Waals surface area contributed by atoms with Crippen LogP contribution in [0.2, 0.25) is 10.0 Å². The van der Waals surface area contributed by atoms with Gasteiger partial charge in [-0.25, -0.2) is 4.39 Å². The fourth-order valence-corrected chi connectivity index (χ4v) is 3.68. The quantitative estimate of drug-likeness (QED) is 0.491. The fraction of sp³-hybridized carbons (Fsp3) is 0.250. The third-order valence-electron chi connectivity index (χ3n) is 4.43. The standard InChI is InChI=1S/C20H20Cl2FN5OS/c1-12(27(2)3)19-25-26-20(28(19)15-7-4-13(21)5-8-15)30-11-18(29)24-17-10-14(22)6-9-16(17)23/h4-10,12H,11H2,1-3H3,(H,24,29). The summed E-state index contributed by atoms with van der Waals surface area (Å²) < 4.78 is 15.7. The molecule has 0 radical (unpaired) electrons. The summed E-state index contributed by atoms with van der Waals surface area (Å²) in [6.45, 7) is 2.01. The van der Waals surface area contributed by atoms with E-state index in [1.807, 2.05) is 42.6 Å². The lowest BCUT2D eigenvalue weighted by Gasteiger charge is -2.20. The zero-order valence-corrected chi connectivity index (χ0v) is 18.9. The molecule has 158 valence electrons. The van der Waals surface area contributed by atoms with Gasteiger partial charge in [0.2, 0.25) is 5.91 Å². The number of anilines is 1. The maximum absolute atomic E-state index is 13.9. The summed E-state index contributed by atoms with van der Waals surface area (Å²) in [7, 11) is 3.90. The van der Waals surface area contributed by atoms with Crippen LogP contribution >= 0.6 is 35.0 Å². The number of hydrogen-bond acceptors (Lipinski definition) is 5. The molecule has 1 aromatic heterocycles. The van der Waals surface area contributed by atoms with Crippen molar-refractivity contribution in [3.05, 3.63) is 64.2 Å². The van der Waals surface area contributed by atoms with Gasteiger partial charge in [0, 0.05) is 15.7 Å². The fourth-order valence-electron chi connectivity index (χ4n) is 2.62. The summed E-state index contributed by atoms with van der Waals surface area (Å²) >= 11 is 13.1. The van der Waals surface area contributed by atoms with E-state index < -0.39 is 5.82 Å². The van der Waals surface area contributed by atoms with Crippen molar-refractivity contribution < 1.29 is 9.18 Å². The van der Waals surface area contributed by atoms with E-state index in [2.05, 4.69) is 15.5 Å². The SMILES string of the molecule is CC(c1nnc(SCC(=O)Nc2cc(Cl)ccc2F)n1-c1ccc(Cl)cc1)N(C)C. The second-order valence-electron chi connectivity index (χ2n) is 6.75. The van der Waals surface area contributed by atoms with E-state index >= 15 is 0 Å². The number of benzene rings is 2. The number of carbonyl (C=O) groups is 1. The number of nitrogens with zero attached hydrogens (tertiary/aromatic N) is 4. The smallest absolute Gasteiger partial charge is 0.234 e. The first-order valence-corrected chi connectivity index (χ1v) is 10.8. The molecule has 1 amide bonds. The highest BCUT2D eigenvalue weighted by atomic mass is 35.5. The maximum Gasteiger partial charge on any atom is 0.234 e. The molecule has 0 aliphatic heterocycles. The molecule has 0 aliphatic carbocycles. The largest absolute Gasteiger partial charge is 0.323 e.